The van der Waals surface area contributed by atoms with Crippen molar-refractivity contribution in [2.75, 3.05) is 26.1 Å². The summed E-state index contributed by atoms with van der Waals surface area (Å²) in [6.07, 6.45) is 2.47. The van der Waals surface area contributed by atoms with Gasteiger partial charge in [0, 0.05) is 24.7 Å². The second kappa shape index (κ2) is 8.08. The predicted octanol–water partition coefficient (Wildman–Crippen LogP) is 3.91. The molecular formula is C21H21FN4O2S. The molecule has 6 nitrogen and oxygen atoms in total. The Morgan fingerprint density at radius 3 is 2.72 bits per heavy atom. The number of aromatic nitrogens is 2. The van der Waals surface area contributed by atoms with E-state index < -0.39 is 0 Å². The van der Waals surface area contributed by atoms with E-state index in [0.717, 1.165) is 23.4 Å². The number of aromatic amines is 1. The lowest BCUT2D eigenvalue weighted by Crippen LogP contribution is -2.43. The van der Waals surface area contributed by atoms with E-state index >= 15 is 0 Å². The van der Waals surface area contributed by atoms with E-state index in [9.17, 15) is 4.39 Å². The summed E-state index contributed by atoms with van der Waals surface area (Å²) in [5, 5.41) is 3.81. The molecule has 0 radical (unpaired) electrons. The Balaban J connectivity index is 1.67. The fourth-order valence-electron chi connectivity index (χ4n) is 3.58. The van der Waals surface area contributed by atoms with E-state index in [1.807, 2.05) is 18.2 Å². The number of benzene rings is 2. The average Bonchev–Trinajstić information content (AvgIpc) is 3.22. The summed E-state index contributed by atoms with van der Waals surface area (Å²) in [5.74, 6) is 1.07. The van der Waals surface area contributed by atoms with Gasteiger partial charge in [-0.1, -0.05) is 12.1 Å². The van der Waals surface area contributed by atoms with Crippen molar-refractivity contribution < 1.29 is 13.9 Å². The minimum atomic E-state index is -0.278. The number of anilines is 1. The molecule has 1 aromatic heterocycles. The molecule has 4 rings (SSSR count). The first-order valence-electron chi connectivity index (χ1n) is 9.18. The van der Waals surface area contributed by atoms with Crippen LogP contribution in [0.25, 0.3) is 0 Å². The highest BCUT2D eigenvalue weighted by molar-refractivity contribution is 7.80. The zero-order valence-electron chi connectivity index (χ0n) is 16.1. The van der Waals surface area contributed by atoms with Gasteiger partial charge in [0.2, 0.25) is 0 Å². The van der Waals surface area contributed by atoms with Crippen LogP contribution in [0.3, 0.4) is 0 Å². The van der Waals surface area contributed by atoms with Gasteiger partial charge < -0.3 is 24.7 Å². The number of halogens is 1. The van der Waals surface area contributed by atoms with Crippen LogP contribution < -0.4 is 14.8 Å². The summed E-state index contributed by atoms with van der Waals surface area (Å²) < 4.78 is 24.3. The first-order chi connectivity index (χ1) is 14.1. The zero-order valence-corrected chi connectivity index (χ0v) is 16.9. The molecule has 0 saturated heterocycles. The van der Waals surface area contributed by atoms with Gasteiger partial charge in [0.05, 0.1) is 31.9 Å². The lowest BCUT2D eigenvalue weighted by molar-refractivity contribution is 0.336. The molecule has 0 amide bonds. The van der Waals surface area contributed by atoms with Crippen LogP contribution in [0.2, 0.25) is 0 Å². The Labute approximate surface area is 173 Å². The Bertz CT molecular complexity index is 1020. The number of imidazole rings is 1. The van der Waals surface area contributed by atoms with Crippen molar-refractivity contribution in [3.63, 3.8) is 0 Å². The predicted molar refractivity (Wildman–Crippen MR) is 113 cm³/mol. The molecule has 0 saturated carbocycles. The highest BCUT2D eigenvalue weighted by atomic mass is 32.1. The molecule has 0 unspecified atom stereocenters. The van der Waals surface area contributed by atoms with Crippen LogP contribution in [0.1, 0.15) is 23.0 Å². The molecule has 1 aliphatic rings. The second-order valence-electron chi connectivity index (χ2n) is 6.66. The van der Waals surface area contributed by atoms with Crippen LogP contribution in [-0.2, 0) is 6.42 Å². The van der Waals surface area contributed by atoms with Crippen molar-refractivity contribution in [3.8, 4) is 11.5 Å². The zero-order chi connectivity index (χ0) is 20.4. The molecule has 1 atom stereocenters. The fourth-order valence-corrected chi connectivity index (χ4v) is 3.88. The Morgan fingerprint density at radius 1 is 1.21 bits per heavy atom. The van der Waals surface area contributed by atoms with Crippen LogP contribution in [0.15, 0.2) is 48.8 Å². The monoisotopic (exact) mass is 412 g/mol. The third-order valence-corrected chi connectivity index (χ3v) is 5.36. The number of fused-ring (bicyclic) bond motifs is 1. The molecule has 2 N–H and O–H groups in total. The molecule has 29 heavy (non-hydrogen) atoms. The third-order valence-electron chi connectivity index (χ3n) is 5.02. The maximum atomic E-state index is 13.5. The van der Waals surface area contributed by atoms with E-state index in [-0.39, 0.29) is 11.9 Å². The minimum absolute atomic E-state index is 0.220. The van der Waals surface area contributed by atoms with Gasteiger partial charge in [0.1, 0.15) is 23.4 Å². The number of methoxy groups -OCH3 is 2. The normalized spacial score (nSPS) is 15.6. The van der Waals surface area contributed by atoms with Crippen LogP contribution in [0, 0.1) is 5.82 Å². The Kier molecular flexibility index (Phi) is 5.35. The van der Waals surface area contributed by atoms with E-state index in [4.69, 9.17) is 21.7 Å². The SMILES string of the molecule is COc1ccc(OC)c(NC(=S)N2CCc3[nH]cnc3[C@H]2c2ccc(F)cc2)c1. The quantitative estimate of drug-likeness (QED) is 0.634. The Hall–Kier alpha value is -3.13. The highest BCUT2D eigenvalue weighted by Gasteiger charge is 2.32. The summed E-state index contributed by atoms with van der Waals surface area (Å²) in [6.45, 7) is 0.690. The number of hydrogen-bond acceptors (Lipinski definition) is 4. The van der Waals surface area contributed by atoms with Crippen molar-refractivity contribution in [2.45, 2.75) is 12.5 Å². The lowest BCUT2D eigenvalue weighted by atomic mass is 9.96. The van der Waals surface area contributed by atoms with Crippen LogP contribution >= 0.6 is 12.2 Å². The average molecular weight is 412 g/mol. The van der Waals surface area contributed by atoms with Gasteiger partial charge >= 0.3 is 0 Å². The smallest absolute Gasteiger partial charge is 0.174 e. The molecule has 2 heterocycles. The first kappa shape index (κ1) is 19.2. The molecule has 2 aromatic carbocycles. The van der Waals surface area contributed by atoms with Gasteiger partial charge in [0.25, 0.3) is 0 Å². The van der Waals surface area contributed by atoms with Gasteiger partial charge in [-0.3, -0.25) is 0 Å². The largest absolute Gasteiger partial charge is 0.497 e. The van der Waals surface area contributed by atoms with Gasteiger partial charge in [-0.15, -0.1) is 0 Å². The molecule has 8 heteroatoms. The van der Waals surface area contributed by atoms with Crippen molar-refractivity contribution >= 4 is 23.0 Å². The van der Waals surface area contributed by atoms with E-state index in [1.165, 1.54) is 12.1 Å². The van der Waals surface area contributed by atoms with Crippen molar-refractivity contribution in [1.29, 1.82) is 0 Å². The van der Waals surface area contributed by atoms with Crippen molar-refractivity contribution in [1.82, 2.24) is 14.9 Å². The third kappa shape index (κ3) is 3.75. The molecule has 150 valence electrons. The van der Waals surface area contributed by atoms with Gasteiger partial charge in [-0.05, 0) is 42.0 Å². The lowest BCUT2D eigenvalue weighted by Gasteiger charge is -2.37. The summed E-state index contributed by atoms with van der Waals surface area (Å²) >= 11 is 5.76. The molecule has 1 aliphatic heterocycles. The molecular weight excluding hydrogens is 391 g/mol. The second-order valence-corrected chi connectivity index (χ2v) is 7.05. The Morgan fingerprint density at radius 2 is 2.00 bits per heavy atom. The summed E-state index contributed by atoms with van der Waals surface area (Å²) in [4.78, 5) is 9.77. The van der Waals surface area contributed by atoms with Gasteiger partial charge in [0.15, 0.2) is 5.11 Å². The number of rotatable bonds is 4. The maximum absolute atomic E-state index is 13.5. The number of nitrogens with zero attached hydrogens (tertiary/aromatic N) is 2. The number of H-pyrrole nitrogens is 1. The van der Waals surface area contributed by atoms with Crippen LogP contribution in [-0.4, -0.2) is 40.7 Å². The molecule has 3 aromatic rings. The highest BCUT2D eigenvalue weighted by Crippen LogP contribution is 2.35. The van der Waals surface area contributed by atoms with E-state index in [1.54, 1.807) is 32.7 Å². The van der Waals surface area contributed by atoms with Gasteiger partial charge in [-0.25, -0.2) is 9.37 Å². The van der Waals surface area contributed by atoms with E-state index in [0.29, 0.717) is 28.8 Å². The fraction of sp³-hybridized carbons (Fsp3) is 0.238. The summed E-state index contributed by atoms with van der Waals surface area (Å²) in [6, 6.07) is 11.7. The number of thiocarbonyl (C=S) groups is 1. The van der Waals surface area contributed by atoms with Crippen molar-refractivity contribution in [2.24, 2.45) is 0 Å². The minimum Gasteiger partial charge on any atom is -0.497 e. The molecule has 0 bridgehead atoms. The number of ether oxygens (including phenoxy) is 2. The van der Waals surface area contributed by atoms with Crippen LogP contribution in [0.5, 0.6) is 11.5 Å². The topological polar surface area (TPSA) is 62.4 Å². The van der Waals surface area contributed by atoms with Crippen molar-refractivity contribution in [3.05, 3.63) is 71.6 Å². The van der Waals surface area contributed by atoms with Gasteiger partial charge in [-0.2, -0.15) is 0 Å². The maximum Gasteiger partial charge on any atom is 0.174 e. The number of nitrogens with one attached hydrogen (secondary N) is 2. The first-order valence-corrected chi connectivity index (χ1v) is 9.58. The molecule has 0 spiro atoms. The van der Waals surface area contributed by atoms with E-state index in [2.05, 4.69) is 20.2 Å². The number of hydrogen-bond donors (Lipinski definition) is 2. The molecule has 0 aliphatic carbocycles. The van der Waals surface area contributed by atoms with Crippen LogP contribution in [0.4, 0.5) is 10.1 Å². The summed E-state index contributed by atoms with van der Waals surface area (Å²) in [7, 11) is 3.21. The standard InChI is InChI=1S/C21H21FN4O2S/c1-27-15-7-8-18(28-2)17(11-15)25-21(29)26-10-9-16-19(24-12-23-16)20(26)13-3-5-14(22)6-4-13/h3-8,11-12,20H,9-10H2,1-2H3,(H,23,24)(H,25,29)/t20-/m1/s1. The summed E-state index contributed by atoms with van der Waals surface area (Å²) in [5.41, 5.74) is 3.59. The molecule has 0 fully saturated rings.